The number of ketones is 1. The molecular weight excluding hydrogens is 256 g/mol. The van der Waals surface area contributed by atoms with Gasteiger partial charge >= 0.3 is 0 Å². The molecule has 0 saturated heterocycles. The number of benzene rings is 2. The van der Waals surface area contributed by atoms with Gasteiger partial charge in [0.05, 0.1) is 0 Å². The Labute approximate surface area is 118 Å². The van der Waals surface area contributed by atoms with E-state index in [1.807, 2.05) is 37.3 Å². The Bertz CT molecular complexity index is 645. The van der Waals surface area contributed by atoms with Crippen LogP contribution in [0, 0.1) is 6.92 Å². The van der Waals surface area contributed by atoms with Crippen molar-refractivity contribution in [2.45, 2.75) is 25.7 Å². The molecule has 0 aliphatic heterocycles. The van der Waals surface area contributed by atoms with Crippen LogP contribution in [0.1, 0.15) is 28.2 Å². The molecule has 1 unspecified atom stereocenters. The second-order valence-electron chi connectivity index (χ2n) is 5.19. The molecule has 0 heterocycles. The van der Waals surface area contributed by atoms with Crippen molar-refractivity contribution in [3.05, 3.63) is 69.7 Å². The quantitative estimate of drug-likeness (QED) is 0.821. The molecule has 2 aromatic rings. The van der Waals surface area contributed by atoms with Crippen LogP contribution in [-0.2, 0) is 17.6 Å². The monoisotopic (exact) mass is 270 g/mol. The van der Waals surface area contributed by atoms with Gasteiger partial charge in [-0.1, -0.05) is 48.0 Å². The maximum atomic E-state index is 12.3. The third-order valence-corrected chi connectivity index (χ3v) is 4.17. The molecule has 0 radical (unpaired) electrons. The third kappa shape index (κ3) is 2.31. The fraction of sp³-hybridized carbons (Fsp3) is 0.235. The van der Waals surface area contributed by atoms with Gasteiger partial charge in [0.2, 0.25) is 0 Å². The van der Waals surface area contributed by atoms with Gasteiger partial charge in [0.25, 0.3) is 0 Å². The molecule has 1 atom stereocenters. The summed E-state index contributed by atoms with van der Waals surface area (Å²) in [6.45, 7) is 2.00. The molecule has 96 valence electrons. The number of aryl methyl sites for hydroxylation is 1. The molecule has 1 aliphatic carbocycles. The molecule has 0 saturated carbocycles. The average molecular weight is 271 g/mol. The molecule has 3 rings (SSSR count). The minimum Gasteiger partial charge on any atom is -0.299 e. The number of Topliss-reactive ketones (excluding diaryl/α,β-unsaturated/α-hetero) is 1. The molecule has 2 aromatic carbocycles. The van der Waals surface area contributed by atoms with Crippen LogP contribution in [0.15, 0.2) is 42.5 Å². The smallest absolute Gasteiger partial charge is 0.145 e. The van der Waals surface area contributed by atoms with Crippen molar-refractivity contribution in [3.8, 4) is 0 Å². The van der Waals surface area contributed by atoms with Gasteiger partial charge in [-0.25, -0.2) is 0 Å². The minimum absolute atomic E-state index is 0.0635. The van der Waals surface area contributed by atoms with Crippen LogP contribution in [0.2, 0.25) is 5.02 Å². The van der Waals surface area contributed by atoms with Crippen molar-refractivity contribution >= 4 is 17.4 Å². The molecule has 2 heteroatoms. The number of fused-ring (bicyclic) bond motifs is 1. The van der Waals surface area contributed by atoms with Crippen LogP contribution < -0.4 is 0 Å². The van der Waals surface area contributed by atoms with Crippen LogP contribution >= 0.6 is 11.6 Å². The normalized spacial score (nSPS) is 16.6. The van der Waals surface area contributed by atoms with E-state index in [0.717, 1.165) is 17.5 Å². The van der Waals surface area contributed by atoms with Gasteiger partial charge in [-0.15, -0.1) is 0 Å². The zero-order valence-electron chi connectivity index (χ0n) is 10.8. The molecule has 0 N–H and O–H groups in total. The summed E-state index contributed by atoms with van der Waals surface area (Å²) in [7, 11) is 0. The van der Waals surface area contributed by atoms with Crippen LogP contribution in [-0.4, -0.2) is 5.78 Å². The van der Waals surface area contributed by atoms with Gasteiger partial charge in [0, 0.05) is 17.4 Å². The lowest BCUT2D eigenvalue weighted by Crippen LogP contribution is -2.26. The number of hydrogen-bond donors (Lipinski definition) is 0. The van der Waals surface area contributed by atoms with Crippen molar-refractivity contribution in [1.29, 1.82) is 0 Å². The number of rotatable bonds is 3. The first-order chi connectivity index (χ1) is 9.15. The highest BCUT2D eigenvalue weighted by Gasteiger charge is 2.31. The molecule has 0 aromatic heterocycles. The topological polar surface area (TPSA) is 17.1 Å². The summed E-state index contributed by atoms with van der Waals surface area (Å²) in [6.07, 6.45) is 1.30. The van der Waals surface area contributed by atoms with E-state index in [-0.39, 0.29) is 11.7 Å². The highest BCUT2D eigenvalue weighted by atomic mass is 35.5. The largest absolute Gasteiger partial charge is 0.299 e. The van der Waals surface area contributed by atoms with Crippen LogP contribution in [0.4, 0.5) is 0 Å². The lowest BCUT2D eigenvalue weighted by molar-refractivity contribution is -0.120. The lowest BCUT2D eigenvalue weighted by atomic mass is 9.74. The van der Waals surface area contributed by atoms with Crippen molar-refractivity contribution in [2.24, 2.45) is 0 Å². The van der Waals surface area contributed by atoms with E-state index in [1.54, 1.807) is 0 Å². The number of carbonyl (C=O) groups excluding carboxylic acids is 1. The Hall–Kier alpha value is -1.60. The lowest BCUT2D eigenvalue weighted by Gasteiger charge is -2.28. The zero-order chi connectivity index (χ0) is 13.4. The average Bonchev–Trinajstić information content (AvgIpc) is 2.34. The molecule has 0 spiro atoms. The highest BCUT2D eigenvalue weighted by Crippen LogP contribution is 2.36. The molecule has 0 amide bonds. The molecule has 0 bridgehead atoms. The van der Waals surface area contributed by atoms with Crippen molar-refractivity contribution in [2.75, 3.05) is 0 Å². The fourth-order valence-corrected chi connectivity index (χ4v) is 2.95. The minimum atomic E-state index is 0.0635. The Kier molecular flexibility index (Phi) is 3.16. The summed E-state index contributed by atoms with van der Waals surface area (Å²) < 4.78 is 0. The summed E-state index contributed by atoms with van der Waals surface area (Å²) in [5, 5.41) is 0.695. The summed E-state index contributed by atoms with van der Waals surface area (Å²) in [4.78, 5) is 12.3. The van der Waals surface area contributed by atoms with E-state index in [0.29, 0.717) is 11.4 Å². The maximum Gasteiger partial charge on any atom is 0.145 e. The van der Waals surface area contributed by atoms with Crippen LogP contribution in [0.3, 0.4) is 0 Å². The summed E-state index contributed by atoms with van der Waals surface area (Å²) in [5.41, 5.74) is 4.54. The number of hydrogen-bond acceptors (Lipinski definition) is 1. The van der Waals surface area contributed by atoms with E-state index in [9.17, 15) is 4.79 Å². The highest BCUT2D eigenvalue weighted by molar-refractivity contribution is 6.31. The Morgan fingerprint density at radius 1 is 1.26 bits per heavy atom. The molecule has 1 aliphatic rings. The van der Waals surface area contributed by atoms with Crippen molar-refractivity contribution in [1.82, 2.24) is 0 Å². The van der Waals surface area contributed by atoms with Gasteiger partial charge in [-0.05, 0) is 41.7 Å². The summed E-state index contributed by atoms with van der Waals surface area (Å²) in [5.74, 6) is 0.332. The first kappa shape index (κ1) is 12.4. The molecule has 1 nitrogen and oxygen atoms in total. The van der Waals surface area contributed by atoms with Gasteiger partial charge in [-0.3, -0.25) is 4.79 Å². The Morgan fingerprint density at radius 2 is 2.05 bits per heavy atom. The first-order valence-corrected chi connectivity index (χ1v) is 6.88. The Morgan fingerprint density at radius 3 is 2.79 bits per heavy atom. The van der Waals surface area contributed by atoms with Gasteiger partial charge in [0.1, 0.15) is 5.78 Å². The van der Waals surface area contributed by atoms with E-state index in [4.69, 9.17) is 11.6 Å². The number of halogens is 1. The first-order valence-electron chi connectivity index (χ1n) is 6.50. The van der Waals surface area contributed by atoms with Crippen molar-refractivity contribution in [3.63, 3.8) is 0 Å². The predicted octanol–water partition coefficient (Wildman–Crippen LogP) is 4.10. The maximum absolute atomic E-state index is 12.3. The fourth-order valence-electron chi connectivity index (χ4n) is 2.65. The van der Waals surface area contributed by atoms with Crippen LogP contribution in [0.25, 0.3) is 0 Å². The van der Waals surface area contributed by atoms with E-state index in [1.165, 1.54) is 11.1 Å². The second kappa shape index (κ2) is 4.82. The summed E-state index contributed by atoms with van der Waals surface area (Å²) >= 11 is 6.19. The van der Waals surface area contributed by atoms with Gasteiger partial charge in [-0.2, -0.15) is 0 Å². The molecule has 0 fully saturated rings. The van der Waals surface area contributed by atoms with Gasteiger partial charge < -0.3 is 0 Å². The second-order valence-corrected chi connectivity index (χ2v) is 5.60. The standard InChI is InChI=1S/C17H15ClO/c1-11-6-7-13(16(18)8-11)10-17(19)15-9-12-4-2-3-5-14(12)15/h2-8,15H,9-10H2,1H3. The SMILES string of the molecule is Cc1ccc(CC(=O)C2Cc3ccccc32)c(Cl)c1. The number of carbonyl (C=O) groups is 1. The Balaban J connectivity index is 1.77. The van der Waals surface area contributed by atoms with E-state index >= 15 is 0 Å². The van der Waals surface area contributed by atoms with Crippen molar-refractivity contribution < 1.29 is 4.79 Å². The third-order valence-electron chi connectivity index (χ3n) is 3.82. The molecule has 19 heavy (non-hydrogen) atoms. The predicted molar refractivity (Wildman–Crippen MR) is 77.8 cm³/mol. The van der Waals surface area contributed by atoms with Crippen LogP contribution in [0.5, 0.6) is 0 Å². The summed E-state index contributed by atoms with van der Waals surface area (Å²) in [6, 6.07) is 14.0. The zero-order valence-corrected chi connectivity index (χ0v) is 11.6. The van der Waals surface area contributed by atoms with E-state index < -0.39 is 0 Å². The molecular formula is C17H15ClO. The van der Waals surface area contributed by atoms with Gasteiger partial charge in [0.15, 0.2) is 0 Å². The van der Waals surface area contributed by atoms with E-state index in [2.05, 4.69) is 12.1 Å².